The minimum Gasteiger partial charge on any atom is -0.324 e. The van der Waals surface area contributed by atoms with E-state index in [2.05, 4.69) is 4.98 Å². The second-order valence-corrected chi connectivity index (χ2v) is 7.84. The Labute approximate surface area is 148 Å². The molecule has 0 spiro atoms. The number of aromatic amines is 1. The third kappa shape index (κ3) is 4.66. The summed E-state index contributed by atoms with van der Waals surface area (Å²) in [5, 5.41) is 10.8. The van der Waals surface area contributed by atoms with Crippen LogP contribution in [0.2, 0.25) is 0 Å². The van der Waals surface area contributed by atoms with Crippen LogP contribution in [-0.2, 0) is 15.6 Å². The topological polar surface area (TPSA) is 145 Å². The fourth-order valence-corrected chi connectivity index (χ4v) is 3.80. The predicted octanol–water partition coefficient (Wildman–Crippen LogP) is 1.99. The number of aryl methyl sites for hydroxylation is 1. The Morgan fingerprint density at radius 3 is 2.73 bits per heavy atom. The summed E-state index contributed by atoms with van der Waals surface area (Å²) in [7, 11) is -3.80. The van der Waals surface area contributed by atoms with E-state index in [4.69, 9.17) is 4.52 Å². The Morgan fingerprint density at radius 2 is 2.12 bits per heavy atom. The fourth-order valence-electron chi connectivity index (χ4n) is 2.44. The quantitative estimate of drug-likeness (QED) is 0.306. The minimum absolute atomic E-state index is 0.00544. The van der Waals surface area contributed by atoms with Crippen molar-refractivity contribution in [1.29, 1.82) is 0 Å². The summed E-state index contributed by atoms with van der Waals surface area (Å²) in [6.45, 7) is 3.52. The first-order valence-electron chi connectivity index (χ1n) is 8.06. The summed E-state index contributed by atoms with van der Waals surface area (Å²) in [5.74, 6) is 0. The lowest BCUT2D eigenvalue weighted by molar-refractivity contribution is -0.384. The van der Waals surface area contributed by atoms with Gasteiger partial charge < -0.3 is 19.0 Å². The molecule has 2 aromatic rings. The van der Waals surface area contributed by atoms with Crippen LogP contribution in [0.15, 0.2) is 27.8 Å². The zero-order chi connectivity index (χ0) is 19.5. The van der Waals surface area contributed by atoms with E-state index in [1.807, 2.05) is 6.92 Å². The molecule has 0 radical (unpaired) electrons. The molecule has 142 valence electrons. The highest BCUT2D eigenvalue weighted by Gasteiger charge is 2.22. The number of hydrogen-bond acceptors (Lipinski definition) is 6. The van der Waals surface area contributed by atoms with Gasteiger partial charge in [0.2, 0.25) is 0 Å². The van der Waals surface area contributed by atoms with E-state index in [0.29, 0.717) is 11.9 Å². The molecule has 0 aliphatic heterocycles. The lowest BCUT2D eigenvalue weighted by Crippen LogP contribution is -2.36. The van der Waals surface area contributed by atoms with E-state index in [0.717, 1.165) is 10.6 Å². The molecule has 1 heterocycles. The van der Waals surface area contributed by atoms with Crippen LogP contribution in [0.1, 0.15) is 26.7 Å². The van der Waals surface area contributed by atoms with E-state index in [-0.39, 0.29) is 36.4 Å². The van der Waals surface area contributed by atoms with Crippen LogP contribution in [0.25, 0.3) is 11.0 Å². The molecule has 2 N–H and O–H groups in total. The molecule has 0 fully saturated rings. The van der Waals surface area contributed by atoms with Gasteiger partial charge in [0.25, 0.3) is 5.69 Å². The number of benzene rings is 1. The average Bonchev–Trinajstić information content (AvgIpc) is 2.57. The number of nitro groups is 1. The van der Waals surface area contributed by atoms with E-state index in [1.54, 1.807) is 6.92 Å². The monoisotopic (exact) mass is 385 g/mol. The van der Waals surface area contributed by atoms with Crippen LogP contribution in [-0.4, -0.2) is 31.6 Å². The first kappa shape index (κ1) is 20.0. The molecular weight excluding hydrogens is 365 g/mol. The summed E-state index contributed by atoms with van der Waals surface area (Å²) >= 11 is 0. The van der Waals surface area contributed by atoms with Crippen LogP contribution >= 0.6 is 7.60 Å². The lowest BCUT2D eigenvalue weighted by Gasteiger charge is -2.17. The summed E-state index contributed by atoms with van der Waals surface area (Å²) in [6, 6.07) is 3.74. The van der Waals surface area contributed by atoms with Gasteiger partial charge in [0.1, 0.15) is 0 Å². The molecule has 0 bridgehead atoms. The van der Waals surface area contributed by atoms with Gasteiger partial charge in [-0.2, -0.15) is 0 Å². The number of nitrogens with one attached hydrogen (secondary N) is 1. The molecule has 0 aliphatic carbocycles. The SMILES string of the molecule is CCC(C)OP(=O)(O)CCCn1c(=O)c(=O)[nH]c2cc([N+](=O)[O-])ccc21. The van der Waals surface area contributed by atoms with Crippen LogP contribution in [0, 0.1) is 10.1 Å². The number of H-pyrrole nitrogens is 1. The Kier molecular flexibility index (Phi) is 6.12. The molecular formula is C15H20N3O7P. The largest absolute Gasteiger partial charge is 0.328 e. The Morgan fingerprint density at radius 1 is 1.42 bits per heavy atom. The van der Waals surface area contributed by atoms with Gasteiger partial charge >= 0.3 is 18.7 Å². The average molecular weight is 385 g/mol. The normalized spacial score (nSPS) is 14.9. The lowest BCUT2D eigenvalue weighted by atomic mass is 10.2. The van der Waals surface area contributed by atoms with Crippen molar-refractivity contribution in [2.24, 2.45) is 0 Å². The molecule has 1 aromatic carbocycles. The van der Waals surface area contributed by atoms with Crippen molar-refractivity contribution in [2.45, 2.75) is 39.3 Å². The number of hydrogen-bond donors (Lipinski definition) is 2. The van der Waals surface area contributed by atoms with Gasteiger partial charge in [-0.15, -0.1) is 0 Å². The standard InChI is InChI=1S/C15H20N3O7P/c1-3-10(2)25-26(23,24)8-4-7-17-13-6-5-11(18(21)22)9-12(13)16-14(19)15(17)20/h5-6,9-10H,3-4,7-8H2,1-2H3,(H,16,19)(H,23,24). The van der Waals surface area contributed by atoms with Gasteiger partial charge in [-0.1, -0.05) is 6.92 Å². The van der Waals surface area contributed by atoms with Crippen LogP contribution < -0.4 is 11.1 Å². The van der Waals surface area contributed by atoms with Gasteiger partial charge in [-0.25, -0.2) is 0 Å². The first-order valence-corrected chi connectivity index (χ1v) is 9.82. The van der Waals surface area contributed by atoms with Crippen molar-refractivity contribution in [3.05, 3.63) is 49.0 Å². The number of aromatic nitrogens is 2. The molecule has 2 unspecified atom stereocenters. The van der Waals surface area contributed by atoms with Gasteiger partial charge in [-0.3, -0.25) is 24.3 Å². The third-order valence-electron chi connectivity index (χ3n) is 3.91. The van der Waals surface area contributed by atoms with Crippen LogP contribution in [0.3, 0.4) is 0 Å². The van der Waals surface area contributed by atoms with Crippen molar-refractivity contribution in [2.75, 3.05) is 6.16 Å². The van der Waals surface area contributed by atoms with E-state index in [9.17, 15) is 29.2 Å². The molecule has 0 saturated heterocycles. The molecule has 2 rings (SSSR count). The van der Waals surface area contributed by atoms with Gasteiger partial charge in [-0.05, 0) is 25.8 Å². The maximum Gasteiger partial charge on any atom is 0.328 e. The molecule has 1 aromatic heterocycles. The van der Waals surface area contributed by atoms with Crippen LogP contribution in [0.5, 0.6) is 0 Å². The molecule has 11 heteroatoms. The van der Waals surface area contributed by atoms with Gasteiger partial charge in [0.15, 0.2) is 0 Å². The van der Waals surface area contributed by atoms with Gasteiger partial charge in [0, 0.05) is 18.7 Å². The predicted molar refractivity (Wildman–Crippen MR) is 95.6 cm³/mol. The maximum absolute atomic E-state index is 12.1. The Hall–Kier alpha value is -2.29. The van der Waals surface area contributed by atoms with Crippen LogP contribution in [0.4, 0.5) is 5.69 Å². The van der Waals surface area contributed by atoms with E-state index in [1.165, 1.54) is 12.1 Å². The number of fused-ring (bicyclic) bond motifs is 1. The molecule has 26 heavy (non-hydrogen) atoms. The highest BCUT2D eigenvalue weighted by molar-refractivity contribution is 7.52. The Balaban J connectivity index is 2.28. The van der Waals surface area contributed by atoms with E-state index < -0.39 is 23.6 Å². The molecule has 2 atom stereocenters. The number of non-ortho nitro benzene ring substituents is 1. The second kappa shape index (κ2) is 7.94. The third-order valence-corrected chi connectivity index (χ3v) is 5.48. The first-order chi connectivity index (χ1) is 12.1. The van der Waals surface area contributed by atoms with Crippen molar-refractivity contribution >= 4 is 24.3 Å². The highest BCUT2D eigenvalue weighted by atomic mass is 31.2. The summed E-state index contributed by atoms with van der Waals surface area (Å²) in [5.41, 5.74) is -1.52. The zero-order valence-corrected chi connectivity index (χ0v) is 15.3. The minimum atomic E-state index is -3.80. The second-order valence-electron chi connectivity index (χ2n) is 5.91. The zero-order valence-electron chi connectivity index (χ0n) is 14.4. The van der Waals surface area contributed by atoms with Crippen molar-refractivity contribution in [3.8, 4) is 0 Å². The van der Waals surface area contributed by atoms with Crippen molar-refractivity contribution < 1.29 is 18.9 Å². The smallest absolute Gasteiger partial charge is 0.324 e. The number of nitro benzene ring substituents is 1. The van der Waals surface area contributed by atoms with Crippen molar-refractivity contribution in [1.82, 2.24) is 9.55 Å². The fraction of sp³-hybridized carbons (Fsp3) is 0.467. The summed E-state index contributed by atoms with van der Waals surface area (Å²) in [4.78, 5) is 46.3. The molecule has 0 aliphatic rings. The number of nitrogens with zero attached hydrogens (tertiary/aromatic N) is 2. The summed E-state index contributed by atoms with van der Waals surface area (Å²) < 4.78 is 18.2. The number of rotatable bonds is 8. The highest BCUT2D eigenvalue weighted by Crippen LogP contribution is 2.44. The Bertz CT molecular complexity index is 981. The van der Waals surface area contributed by atoms with E-state index >= 15 is 0 Å². The van der Waals surface area contributed by atoms with Gasteiger partial charge in [0.05, 0.1) is 28.2 Å². The molecule has 0 amide bonds. The molecule has 0 saturated carbocycles. The maximum atomic E-state index is 12.1. The molecule has 10 nitrogen and oxygen atoms in total. The van der Waals surface area contributed by atoms with Crippen molar-refractivity contribution in [3.63, 3.8) is 0 Å². The summed E-state index contributed by atoms with van der Waals surface area (Å²) in [6.07, 6.45) is 0.168.